The van der Waals surface area contributed by atoms with Crippen LogP contribution in [-0.4, -0.2) is 36.3 Å². The Balaban J connectivity index is 2.21. The van der Waals surface area contributed by atoms with Gasteiger partial charge in [0.25, 0.3) is 0 Å². The summed E-state index contributed by atoms with van der Waals surface area (Å²) >= 11 is 0. The Morgan fingerprint density at radius 1 is 1.36 bits per heavy atom. The van der Waals surface area contributed by atoms with Crippen LogP contribution in [0.4, 0.5) is 11.6 Å². The molecule has 0 amide bonds. The number of nitrogens with zero attached hydrogens (tertiary/aromatic N) is 3. The van der Waals surface area contributed by atoms with Crippen molar-refractivity contribution in [3.63, 3.8) is 0 Å². The van der Waals surface area contributed by atoms with E-state index in [2.05, 4.69) is 14.9 Å². The molecule has 76 valence electrons. The molecule has 5 nitrogen and oxygen atoms in total. The van der Waals surface area contributed by atoms with Gasteiger partial charge in [-0.1, -0.05) is 0 Å². The molecule has 14 heavy (non-hydrogen) atoms. The lowest BCUT2D eigenvalue weighted by molar-refractivity contribution is 0.122. The fourth-order valence-electron chi connectivity index (χ4n) is 1.53. The zero-order valence-corrected chi connectivity index (χ0v) is 8.23. The van der Waals surface area contributed by atoms with Crippen molar-refractivity contribution in [1.82, 2.24) is 9.97 Å². The molecular formula is C9H14N4O. The van der Waals surface area contributed by atoms with Gasteiger partial charge in [-0.15, -0.1) is 0 Å². The Morgan fingerprint density at radius 2 is 2.07 bits per heavy atom. The van der Waals surface area contributed by atoms with E-state index in [0.29, 0.717) is 11.6 Å². The van der Waals surface area contributed by atoms with E-state index in [9.17, 15) is 0 Å². The first kappa shape index (κ1) is 9.21. The molecule has 5 heteroatoms. The summed E-state index contributed by atoms with van der Waals surface area (Å²) in [6.07, 6.45) is 0. The van der Waals surface area contributed by atoms with Gasteiger partial charge < -0.3 is 15.4 Å². The minimum Gasteiger partial charge on any atom is -0.384 e. The third-order valence-corrected chi connectivity index (χ3v) is 2.18. The van der Waals surface area contributed by atoms with Gasteiger partial charge in [-0.05, 0) is 6.92 Å². The van der Waals surface area contributed by atoms with Crippen LogP contribution in [0, 0.1) is 6.92 Å². The van der Waals surface area contributed by atoms with Crippen LogP contribution >= 0.6 is 0 Å². The van der Waals surface area contributed by atoms with Crippen molar-refractivity contribution in [3.05, 3.63) is 11.9 Å². The first-order valence-electron chi connectivity index (χ1n) is 4.69. The van der Waals surface area contributed by atoms with Crippen molar-refractivity contribution >= 4 is 11.6 Å². The van der Waals surface area contributed by atoms with Crippen molar-refractivity contribution < 1.29 is 4.74 Å². The van der Waals surface area contributed by atoms with E-state index >= 15 is 0 Å². The summed E-state index contributed by atoms with van der Waals surface area (Å²) in [6.45, 7) is 5.10. The molecule has 0 radical (unpaired) electrons. The minimum absolute atomic E-state index is 0.527. The van der Waals surface area contributed by atoms with Gasteiger partial charge in [-0.3, -0.25) is 0 Å². The lowest BCUT2D eigenvalue weighted by Gasteiger charge is -2.27. The van der Waals surface area contributed by atoms with Crippen LogP contribution in [0.25, 0.3) is 0 Å². The van der Waals surface area contributed by atoms with Gasteiger partial charge in [0.05, 0.1) is 13.2 Å². The maximum Gasteiger partial charge on any atom is 0.134 e. The van der Waals surface area contributed by atoms with E-state index in [1.807, 2.05) is 6.92 Å². The Kier molecular flexibility index (Phi) is 2.49. The molecule has 1 aliphatic heterocycles. The van der Waals surface area contributed by atoms with E-state index in [0.717, 1.165) is 32.1 Å². The van der Waals surface area contributed by atoms with E-state index in [1.54, 1.807) is 6.07 Å². The van der Waals surface area contributed by atoms with E-state index in [4.69, 9.17) is 10.5 Å². The quantitative estimate of drug-likeness (QED) is 0.692. The highest BCUT2D eigenvalue weighted by atomic mass is 16.5. The second kappa shape index (κ2) is 3.79. The number of hydrogen-bond acceptors (Lipinski definition) is 5. The summed E-state index contributed by atoms with van der Waals surface area (Å²) < 4.78 is 5.27. The molecule has 1 saturated heterocycles. The Hall–Kier alpha value is -1.36. The highest BCUT2D eigenvalue weighted by Crippen LogP contribution is 2.14. The number of aromatic nitrogens is 2. The molecule has 0 aliphatic carbocycles. The smallest absolute Gasteiger partial charge is 0.134 e. The molecule has 1 aliphatic rings. The fraction of sp³-hybridized carbons (Fsp3) is 0.556. The first-order chi connectivity index (χ1) is 6.75. The number of rotatable bonds is 1. The summed E-state index contributed by atoms with van der Waals surface area (Å²) in [5, 5.41) is 0. The zero-order valence-electron chi connectivity index (χ0n) is 8.23. The summed E-state index contributed by atoms with van der Waals surface area (Å²) in [6, 6.07) is 1.80. The normalized spacial score (nSPS) is 17.1. The van der Waals surface area contributed by atoms with Crippen LogP contribution < -0.4 is 10.6 Å². The molecule has 2 N–H and O–H groups in total. The van der Waals surface area contributed by atoms with Crippen LogP contribution in [0.5, 0.6) is 0 Å². The van der Waals surface area contributed by atoms with Gasteiger partial charge >= 0.3 is 0 Å². The Bertz CT molecular complexity index is 302. The number of morpholine rings is 1. The van der Waals surface area contributed by atoms with E-state index in [-0.39, 0.29) is 0 Å². The van der Waals surface area contributed by atoms with Gasteiger partial charge in [0.2, 0.25) is 0 Å². The third kappa shape index (κ3) is 1.93. The molecule has 2 rings (SSSR count). The number of nitrogens with two attached hydrogens (primary N) is 1. The second-order valence-corrected chi connectivity index (χ2v) is 3.30. The summed E-state index contributed by atoms with van der Waals surface area (Å²) in [5.41, 5.74) is 5.66. The standard InChI is InChI=1S/C9H14N4O/c1-7-11-8(10)6-9(12-7)13-2-4-14-5-3-13/h6H,2-5H2,1H3,(H2,10,11,12). The molecule has 0 bridgehead atoms. The van der Waals surface area contributed by atoms with Crippen molar-refractivity contribution in [2.45, 2.75) is 6.92 Å². The van der Waals surface area contributed by atoms with Crippen LogP contribution in [-0.2, 0) is 4.74 Å². The Morgan fingerprint density at radius 3 is 2.71 bits per heavy atom. The van der Waals surface area contributed by atoms with Crippen molar-refractivity contribution in [1.29, 1.82) is 0 Å². The van der Waals surface area contributed by atoms with Crippen LogP contribution in [0.15, 0.2) is 6.07 Å². The van der Waals surface area contributed by atoms with E-state index in [1.165, 1.54) is 0 Å². The van der Waals surface area contributed by atoms with Crippen molar-refractivity contribution in [2.75, 3.05) is 36.9 Å². The average molecular weight is 194 g/mol. The molecule has 1 aromatic rings. The van der Waals surface area contributed by atoms with Crippen LogP contribution in [0.2, 0.25) is 0 Å². The third-order valence-electron chi connectivity index (χ3n) is 2.18. The molecule has 2 heterocycles. The van der Waals surface area contributed by atoms with E-state index < -0.39 is 0 Å². The molecule has 0 atom stereocenters. The number of ether oxygens (including phenoxy) is 1. The van der Waals surface area contributed by atoms with Gasteiger partial charge in [0.15, 0.2) is 0 Å². The van der Waals surface area contributed by atoms with Gasteiger partial charge in [0, 0.05) is 19.2 Å². The summed E-state index contributed by atoms with van der Waals surface area (Å²) in [5.74, 6) is 2.14. The topological polar surface area (TPSA) is 64.3 Å². The molecular weight excluding hydrogens is 180 g/mol. The van der Waals surface area contributed by atoms with Crippen molar-refractivity contribution in [3.8, 4) is 0 Å². The molecule has 0 saturated carbocycles. The average Bonchev–Trinajstić information content (AvgIpc) is 2.18. The predicted octanol–water partition coefficient (Wildman–Crippen LogP) is 0.204. The highest BCUT2D eigenvalue weighted by molar-refractivity contribution is 5.47. The molecule has 1 aromatic heterocycles. The molecule has 0 unspecified atom stereocenters. The van der Waals surface area contributed by atoms with Gasteiger partial charge in [0.1, 0.15) is 17.5 Å². The second-order valence-electron chi connectivity index (χ2n) is 3.30. The van der Waals surface area contributed by atoms with Gasteiger partial charge in [-0.2, -0.15) is 0 Å². The lowest BCUT2D eigenvalue weighted by Crippen LogP contribution is -2.36. The van der Waals surface area contributed by atoms with Crippen molar-refractivity contribution in [2.24, 2.45) is 0 Å². The SMILES string of the molecule is Cc1nc(N)cc(N2CCOCC2)n1. The number of nitrogen functional groups attached to an aromatic ring is 1. The maximum atomic E-state index is 5.66. The summed E-state index contributed by atoms with van der Waals surface area (Å²) in [4.78, 5) is 10.5. The van der Waals surface area contributed by atoms with Gasteiger partial charge in [-0.25, -0.2) is 9.97 Å². The number of anilines is 2. The molecule has 0 spiro atoms. The minimum atomic E-state index is 0.527. The summed E-state index contributed by atoms with van der Waals surface area (Å²) in [7, 11) is 0. The maximum absolute atomic E-state index is 5.66. The number of hydrogen-bond donors (Lipinski definition) is 1. The molecule has 0 aromatic carbocycles. The number of aryl methyl sites for hydroxylation is 1. The van der Waals surface area contributed by atoms with Crippen LogP contribution in [0.1, 0.15) is 5.82 Å². The highest BCUT2D eigenvalue weighted by Gasteiger charge is 2.13. The zero-order chi connectivity index (χ0) is 9.97. The Labute approximate surface area is 82.9 Å². The lowest BCUT2D eigenvalue weighted by atomic mass is 10.4. The largest absolute Gasteiger partial charge is 0.384 e. The first-order valence-corrected chi connectivity index (χ1v) is 4.69. The fourth-order valence-corrected chi connectivity index (χ4v) is 1.53. The predicted molar refractivity (Wildman–Crippen MR) is 54.2 cm³/mol. The molecule has 1 fully saturated rings. The monoisotopic (exact) mass is 194 g/mol. The van der Waals surface area contributed by atoms with Crippen LogP contribution in [0.3, 0.4) is 0 Å².